The first-order chi connectivity index (χ1) is 2.91. The van der Waals surface area contributed by atoms with Gasteiger partial charge in [0.15, 0.2) is 0 Å². The number of halogens is 1. The SMILES string of the molecule is [CH2-]CSC.[Cu][Br].[SH-]. The Labute approximate surface area is 72.2 Å². The third kappa shape index (κ3) is 34.3. The molecule has 0 aromatic rings. The molecular weight excluding hydrogens is 244 g/mol. The standard InChI is InChI=1S/C3H7S.BrH.Cu.H2S/c1-3-4-2;;;/h1,3H2,2H3;1H;;1H2/q-1;;+1;/p-2. The fourth-order valence-electron chi connectivity index (χ4n) is 0. The van der Waals surface area contributed by atoms with Crippen molar-refractivity contribution in [3.8, 4) is 0 Å². The molecule has 4 heteroatoms. The Morgan fingerprint density at radius 2 is 1.86 bits per heavy atom. The van der Waals surface area contributed by atoms with Gasteiger partial charge in [0, 0.05) is 0 Å². The van der Waals surface area contributed by atoms with E-state index < -0.39 is 0 Å². The average molecular weight is 252 g/mol. The van der Waals surface area contributed by atoms with E-state index in [1.54, 1.807) is 11.8 Å². The molecule has 0 aromatic carbocycles. The molecule has 0 aliphatic carbocycles. The maximum atomic E-state index is 4.00. The molecule has 0 rings (SSSR count). The number of hydrogen-bond donors (Lipinski definition) is 0. The van der Waals surface area contributed by atoms with E-state index in [9.17, 15) is 0 Å². The van der Waals surface area contributed by atoms with Crippen molar-refractivity contribution < 1.29 is 14.2 Å². The molecule has 52 valence electrons. The predicted octanol–water partition coefficient (Wildman–Crippen LogP) is 1.76. The normalized spacial score (nSPS) is 5.29. The molecule has 0 saturated heterocycles. The number of rotatable bonds is 1. The summed E-state index contributed by atoms with van der Waals surface area (Å²) in [6.45, 7) is 3.57. The Bertz CT molecular complexity index is 14.9. The molecule has 0 aliphatic heterocycles. The zero-order valence-corrected chi connectivity index (χ0v) is 8.19. The van der Waals surface area contributed by atoms with Gasteiger partial charge in [0.1, 0.15) is 0 Å². The van der Waals surface area contributed by atoms with Crippen LogP contribution in [0.3, 0.4) is 0 Å². The topological polar surface area (TPSA) is 0 Å². The molecule has 0 nitrogen and oxygen atoms in total. The molecule has 7 heavy (non-hydrogen) atoms. The summed E-state index contributed by atoms with van der Waals surface area (Å²) in [5.41, 5.74) is 0. The van der Waals surface area contributed by atoms with Gasteiger partial charge < -0.3 is 20.4 Å². The molecule has 0 heterocycles. The van der Waals surface area contributed by atoms with Gasteiger partial charge in [-0.15, -0.1) is 5.75 Å². The quantitative estimate of drug-likeness (QED) is 0.301. The summed E-state index contributed by atoms with van der Waals surface area (Å²) in [5.74, 6) is 0.986. The minimum atomic E-state index is 0. The molecule has 0 unspecified atom stereocenters. The third-order valence-corrected chi connectivity index (χ3v) is 0.612. The molecule has 0 spiro atoms. The Morgan fingerprint density at radius 3 is 1.86 bits per heavy atom. The van der Waals surface area contributed by atoms with Crippen molar-refractivity contribution in [2.45, 2.75) is 0 Å². The maximum absolute atomic E-state index is 4.00. The van der Waals surface area contributed by atoms with Gasteiger partial charge in [0.05, 0.1) is 0 Å². The van der Waals surface area contributed by atoms with Gasteiger partial charge in [-0.1, -0.05) is 0 Å². The van der Waals surface area contributed by atoms with Crippen molar-refractivity contribution >= 4 is 39.4 Å². The predicted molar refractivity (Wildman–Crippen MR) is 41.4 cm³/mol. The first kappa shape index (κ1) is 15.9. The van der Waals surface area contributed by atoms with Gasteiger partial charge in [-0.05, 0) is 6.26 Å². The molecule has 0 fully saturated rings. The van der Waals surface area contributed by atoms with E-state index in [1.165, 1.54) is 0 Å². The monoisotopic (exact) mass is 250 g/mol. The molecule has 0 aromatic heterocycles. The van der Waals surface area contributed by atoms with Crippen LogP contribution in [0.15, 0.2) is 0 Å². The van der Waals surface area contributed by atoms with Crippen molar-refractivity contribution in [1.82, 2.24) is 0 Å². The zero-order chi connectivity index (χ0) is 5.41. The van der Waals surface area contributed by atoms with Crippen LogP contribution in [0.5, 0.6) is 0 Å². The van der Waals surface area contributed by atoms with E-state index in [0.717, 1.165) is 5.75 Å². The van der Waals surface area contributed by atoms with Crippen LogP contribution in [0, 0.1) is 6.92 Å². The van der Waals surface area contributed by atoms with Gasteiger partial charge >= 0.3 is 28.3 Å². The fourth-order valence-corrected chi connectivity index (χ4v) is 0. The Morgan fingerprint density at radius 1 is 1.71 bits per heavy atom. The van der Waals surface area contributed by atoms with Crippen LogP contribution in [-0.2, 0) is 27.7 Å². The van der Waals surface area contributed by atoms with Crippen molar-refractivity contribution in [3.05, 3.63) is 6.92 Å². The van der Waals surface area contributed by atoms with Crippen molar-refractivity contribution in [1.29, 1.82) is 0 Å². The van der Waals surface area contributed by atoms with Crippen LogP contribution in [-0.4, -0.2) is 12.0 Å². The van der Waals surface area contributed by atoms with Crippen LogP contribution in [0.25, 0.3) is 0 Å². The summed E-state index contributed by atoms with van der Waals surface area (Å²) in [5, 5.41) is 0. The molecule has 0 amide bonds. The van der Waals surface area contributed by atoms with Gasteiger partial charge in [-0.3, -0.25) is 0 Å². The van der Waals surface area contributed by atoms with Gasteiger partial charge in [-0.2, -0.15) is 11.8 Å². The van der Waals surface area contributed by atoms with Crippen LogP contribution >= 0.6 is 25.9 Å². The summed E-state index contributed by atoms with van der Waals surface area (Å²) in [4.78, 5) is 0. The summed E-state index contributed by atoms with van der Waals surface area (Å²) >= 11 is 8.25. The van der Waals surface area contributed by atoms with Crippen LogP contribution in [0.2, 0.25) is 0 Å². The van der Waals surface area contributed by atoms with Gasteiger partial charge in [0.25, 0.3) is 0 Å². The number of thiol groups is 1. The molecular formula is C3H8BrCuS2-2. The first-order valence-corrected chi connectivity index (χ1v) is 5.03. The van der Waals surface area contributed by atoms with Gasteiger partial charge in [-0.25, -0.2) is 0 Å². The van der Waals surface area contributed by atoms with E-state index in [0.29, 0.717) is 0 Å². The largest absolute Gasteiger partial charge is 0.813 e. The molecule has 0 aliphatic rings. The van der Waals surface area contributed by atoms with Crippen molar-refractivity contribution in [3.63, 3.8) is 0 Å². The van der Waals surface area contributed by atoms with E-state index in [-0.39, 0.29) is 13.5 Å². The van der Waals surface area contributed by atoms with E-state index >= 15 is 0 Å². The minimum absolute atomic E-state index is 0. The van der Waals surface area contributed by atoms with E-state index in [1.807, 2.05) is 6.26 Å². The van der Waals surface area contributed by atoms with E-state index in [4.69, 9.17) is 0 Å². The van der Waals surface area contributed by atoms with Gasteiger partial charge in [0.2, 0.25) is 0 Å². The zero-order valence-electron chi connectivity index (χ0n) is 3.95. The molecule has 0 bridgehead atoms. The second-order valence-electron chi connectivity index (χ2n) is 0.493. The Hall–Kier alpha value is 1.70. The maximum Gasteiger partial charge on any atom is -0.813 e. The van der Waals surface area contributed by atoms with Crippen LogP contribution in [0.4, 0.5) is 0 Å². The second-order valence-corrected chi connectivity index (χ2v) is 1.48. The number of thioether (sulfide) groups is 1. The average Bonchev–Trinajstić information content (AvgIpc) is 1.72. The Kier molecular flexibility index (Phi) is 57.3. The summed E-state index contributed by atoms with van der Waals surface area (Å²) < 4.78 is 0. The second kappa shape index (κ2) is 25.3. The number of hydrogen-bond acceptors (Lipinski definition) is 2. The fraction of sp³-hybridized carbons (Fsp3) is 0.667. The molecule has 0 atom stereocenters. The summed E-state index contributed by atoms with van der Waals surface area (Å²) in [7, 11) is 0. The third-order valence-electron chi connectivity index (χ3n) is 0.204. The molecule has 0 saturated carbocycles. The van der Waals surface area contributed by atoms with Crippen molar-refractivity contribution in [2.75, 3.05) is 12.0 Å². The van der Waals surface area contributed by atoms with E-state index in [2.05, 4.69) is 35.2 Å². The van der Waals surface area contributed by atoms with Crippen LogP contribution in [0.1, 0.15) is 0 Å². The molecule has 0 radical (unpaired) electrons. The Balaban J connectivity index is -0.0000000480. The summed E-state index contributed by atoms with van der Waals surface area (Å²) in [6, 6.07) is 0. The van der Waals surface area contributed by atoms with Crippen LogP contribution < -0.4 is 0 Å². The summed E-state index contributed by atoms with van der Waals surface area (Å²) in [6.07, 6.45) is 2.03. The molecule has 0 N–H and O–H groups in total. The van der Waals surface area contributed by atoms with Crippen molar-refractivity contribution in [2.24, 2.45) is 0 Å². The smallest absolute Gasteiger partial charge is 0.813 e. The first-order valence-electron chi connectivity index (χ1n) is 1.31. The minimum Gasteiger partial charge on any atom is -0.813 e.